The Hall–Kier alpha value is -2.83. The summed E-state index contributed by atoms with van der Waals surface area (Å²) in [6.45, 7) is 0.322. The van der Waals surface area contributed by atoms with Crippen LogP contribution in [-0.4, -0.2) is 28.4 Å². The molecule has 146 valence electrons. The van der Waals surface area contributed by atoms with Crippen LogP contribution in [0.1, 0.15) is 40.6 Å². The third-order valence-corrected chi connectivity index (χ3v) is 5.57. The number of carboxylic acid groups (broad SMARTS) is 1. The smallest absolute Gasteiger partial charge is 0.416 e. The zero-order valence-electron chi connectivity index (χ0n) is 14.8. The quantitative estimate of drug-likeness (QED) is 0.863. The van der Waals surface area contributed by atoms with Gasteiger partial charge in [-0.25, -0.2) is 4.79 Å². The highest BCUT2D eigenvalue weighted by molar-refractivity contribution is 5.89. The third-order valence-electron chi connectivity index (χ3n) is 5.57. The number of amides is 1. The second-order valence-corrected chi connectivity index (χ2v) is 7.29. The highest BCUT2D eigenvalue weighted by Crippen LogP contribution is 2.50. The Labute approximate surface area is 159 Å². The van der Waals surface area contributed by atoms with Crippen molar-refractivity contribution in [2.75, 3.05) is 6.54 Å². The SMILES string of the molecule is O=C(O)C1c2ccccc2CCN1C(=O)C1CC1c1ccc(C(F)(F)F)cc1. The molecular formula is C21H18F3NO3. The van der Waals surface area contributed by atoms with Gasteiger partial charge in [0.05, 0.1) is 5.56 Å². The largest absolute Gasteiger partial charge is 0.479 e. The van der Waals surface area contributed by atoms with E-state index in [4.69, 9.17) is 0 Å². The molecule has 28 heavy (non-hydrogen) atoms. The van der Waals surface area contributed by atoms with E-state index in [1.165, 1.54) is 17.0 Å². The molecule has 0 spiro atoms. The molecule has 0 aromatic heterocycles. The molecule has 4 nitrogen and oxygen atoms in total. The lowest BCUT2D eigenvalue weighted by molar-refractivity contribution is -0.151. The Bertz CT molecular complexity index is 923. The van der Waals surface area contributed by atoms with Gasteiger partial charge in [0.15, 0.2) is 6.04 Å². The first kappa shape index (κ1) is 18.5. The lowest BCUT2D eigenvalue weighted by atomic mass is 9.92. The average molecular weight is 389 g/mol. The van der Waals surface area contributed by atoms with Gasteiger partial charge in [0, 0.05) is 12.5 Å². The fourth-order valence-corrected chi connectivity index (χ4v) is 4.04. The number of carbonyl (C=O) groups is 2. The van der Waals surface area contributed by atoms with Crippen LogP contribution in [0.4, 0.5) is 13.2 Å². The molecule has 1 saturated carbocycles. The van der Waals surface area contributed by atoms with Gasteiger partial charge >= 0.3 is 12.1 Å². The van der Waals surface area contributed by atoms with E-state index in [0.717, 1.165) is 17.7 Å². The number of fused-ring (bicyclic) bond motifs is 1. The number of rotatable bonds is 3. The molecule has 4 rings (SSSR count). The maximum Gasteiger partial charge on any atom is 0.416 e. The predicted octanol–water partition coefficient (Wildman–Crippen LogP) is 4.02. The van der Waals surface area contributed by atoms with Crippen LogP contribution in [-0.2, 0) is 22.2 Å². The van der Waals surface area contributed by atoms with Crippen LogP contribution in [0.15, 0.2) is 48.5 Å². The van der Waals surface area contributed by atoms with Crippen molar-refractivity contribution in [3.05, 3.63) is 70.8 Å². The van der Waals surface area contributed by atoms with E-state index in [1.54, 1.807) is 12.1 Å². The van der Waals surface area contributed by atoms with Gasteiger partial charge in [-0.3, -0.25) is 4.79 Å². The molecular weight excluding hydrogens is 371 g/mol. The van der Waals surface area contributed by atoms with Gasteiger partial charge in [0.2, 0.25) is 5.91 Å². The summed E-state index contributed by atoms with van der Waals surface area (Å²) in [4.78, 5) is 26.2. The fraction of sp³-hybridized carbons (Fsp3) is 0.333. The zero-order chi connectivity index (χ0) is 20.1. The molecule has 1 aliphatic heterocycles. The summed E-state index contributed by atoms with van der Waals surface area (Å²) in [6.07, 6.45) is -3.29. The minimum absolute atomic E-state index is 0.165. The van der Waals surface area contributed by atoms with Crippen molar-refractivity contribution in [3.63, 3.8) is 0 Å². The molecule has 1 fully saturated rings. The van der Waals surface area contributed by atoms with Crippen molar-refractivity contribution in [3.8, 4) is 0 Å². The molecule has 0 bridgehead atoms. The maximum absolute atomic E-state index is 13.0. The van der Waals surface area contributed by atoms with E-state index in [2.05, 4.69) is 0 Å². The second-order valence-electron chi connectivity index (χ2n) is 7.29. The summed E-state index contributed by atoms with van der Waals surface area (Å²) in [5.74, 6) is -1.87. The Morgan fingerprint density at radius 3 is 2.36 bits per heavy atom. The molecule has 0 saturated heterocycles. The minimum atomic E-state index is -4.40. The van der Waals surface area contributed by atoms with Crippen LogP contribution >= 0.6 is 0 Å². The summed E-state index contributed by atoms with van der Waals surface area (Å²) < 4.78 is 38.1. The summed E-state index contributed by atoms with van der Waals surface area (Å²) in [5.41, 5.74) is 1.50. The van der Waals surface area contributed by atoms with Crippen molar-refractivity contribution >= 4 is 11.9 Å². The second kappa shape index (κ2) is 6.65. The monoisotopic (exact) mass is 389 g/mol. The van der Waals surface area contributed by atoms with Gasteiger partial charge in [0.25, 0.3) is 0 Å². The zero-order valence-corrected chi connectivity index (χ0v) is 14.8. The van der Waals surface area contributed by atoms with Crippen molar-refractivity contribution < 1.29 is 27.9 Å². The van der Waals surface area contributed by atoms with E-state index >= 15 is 0 Å². The van der Waals surface area contributed by atoms with Crippen LogP contribution in [0.25, 0.3) is 0 Å². The number of benzene rings is 2. The number of aliphatic carboxylic acids is 1. The summed E-state index contributed by atoms with van der Waals surface area (Å²) in [6, 6.07) is 11.0. The third kappa shape index (κ3) is 3.25. The molecule has 1 amide bonds. The molecule has 3 atom stereocenters. The maximum atomic E-state index is 13.0. The van der Waals surface area contributed by atoms with Crippen molar-refractivity contribution in [2.45, 2.75) is 31.0 Å². The predicted molar refractivity (Wildman–Crippen MR) is 94.5 cm³/mol. The molecule has 2 aromatic carbocycles. The van der Waals surface area contributed by atoms with Crippen molar-refractivity contribution in [1.82, 2.24) is 4.90 Å². The fourth-order valence-electron chi connectivity index (χ4n) is 4.04. The van der Waals surface area contributed by atoms with E-state index in [9.17, 15) is 27.9 Å². The van der Waals surface area contributed by atoms with Gasteiger partial charge in [-0.15, -0.1) is 0 Å². The van der Waals surface area contributed by atoms with Gasteiger partial charge in [-0.2, -0.15) is 13.2 Å². The topological polar surface area (TPSA) is 57.6 Å². The first-order valence-electron chi connectivity index (χ1n) is 9.05. The minimum Gasteiger partial charge on any atom is -0.479 e. The Morgan fingerprint density at radius 1 is 1.04 bits per heavy atom. The Balaban J connectivity index is 1.52. The number of halogens is 3. The number of carbonyl (C=O) groups excluding carboxylic acids is 1. The first-order chi connectivity index (χ1) is 13.3. The lowest BCUT2D eigenvalue weighted by Gasteiger charge is -2.35. The van der Waals surface area contributed by atoms with E-state index in [-0.39, 0.29) is 17.7 Å². The lowest BCUT2D eigenvalue weighted by Crippen LogP contribution is -2.44. The van der Waals surface area contributed by atoms with Crippen LogP contribution in [0.2, 0.25) is 0 Å². The van der Waals surface area contributed by atoms with E-state index < -0.39 is 23.8 Å². The van der Waals surface area contributed by atoms with Crippen LogP contribution in [0, 0.1) is 5.92 Å². The molecule has 1 heterocycles. The molecule has 2 aliphatic rings. The number of nitrogens with zero attached hydrogens (tertiary/aromatic N) is 1. The van der Waals surface area contributed by atoms with E-state index in [0.29, 0.717) is 30.5 Å². The van der Waals surface area contributed by atoms with Gasteiger partial charge < -0.3 is 10.0 Å². The number of hydrogen-bond donors (Lipinski definition) is 1. The Morgan fingerprint density at radius 2 is 1.71 bits per heavy atom. The first-order valence-corrected chi connectivity index (χ1v) is 9.05. The van der Waals surface area contributed by atoms with Gasteiger partial charge in [-0.1, -0.05) is 36.4 Å². The van der Waals surface area contributed by atoms with Crippen LogP contribution < -0.4 is 0 Å². The molecule has 3 unspecified atom stereocenters. The average Bonchev–Trinajstić information content (AvgIpc) is 3.46. The molecule has 0 radical (unpaired) electrons. The number of carboxylic acids is 1. The molecule has 1 aliphatic carbocycles. The number of alkyl halides is 3. The van der Waals surface area contributed by atoms with Gasteiger partial charge in [0.1, 0.15) is 0 Å². The molecule has 2 aromatic rings. The summed E-state index contributed by atoms with van der Waals surface area (Å²) in [7, 11) is 0. The molecule has 1 N–H and O–H groups in total. The van der Waals surface area contributed by atoms with Crippen molar-refractivity contribution in [1.29, 1.82) is 0 Å². The standard InChI is InChI=1S/C21H18F3NO3/c22-21(23,24)14-7-5-13(6-8-14)16-11-17(16)19(26)25-10-9-12-3-1-2-4-15(12)18(25)20(27)28/h1-8,16-18H,9-11H2,(H,27,28). The normalized spacial score (nSPS) is 23.8. The van der Waals surface area contributed by atoms with Crippen molar-refractivity contribution in [2.24, 2.45) is 5.92 Å². The number of hydrogen-bond acceptors (Lipinski definition) is 2. The van der Waals surface area contributed by atoms with E-state index in [1.807, 2.05) is 12.1 Å². The summed E-state index contributed by atoms with van der Waals surface area (Å²) in [5, 5.41) is 9.70. The highest BCUT2D eigenvalue weighted by atomic mass is 19.4. The van der Waals surface area contributed by atoms with Crippen LogP contribution in [0.3, 0.4) is 0 Å². The highest BCUT2D eigenvalue weighted by Gasteiger charge is 2.49. The summed E-state index contributed by atoms with van der Waals surface area (Å²) >= 11 is 0. The van der Waals surface area contributed by atoms with Crippen LogP contribution in [0.5, 0.6) is 0 Å². The molecule has 7 heteroatoms. The van der Waals surface area contributed by atoms with Gasteiger partial charge in [-0.05, 0) is 47.6 Å². The Kier molecular flexibility index (Phi) is 4.40.